The van der Waals surface area contributed by atoms with Gasteiger partial charge >= 0.3 is 0 Å². The van der Waals surface area contributed by atoms with Crippen molar-refractivity contribution in [2.24, 2.45) is 0 Å². The fraction of sp³-hybridized carbons (Fsp3) is 0.500. The molecule has 0 N–H and O–H groups in total. The Morgan fingerprint density at radius 3 is 2.20 bits per heavy atom. The number of carbonyl (C=O) groups excluding carboxylic acids is 1. The van der Waals surface area contributed by atoms with Gasteiger partial charge in [-0.2, -0.15) is 17.0 Å². The third kappa shape index (κ3) is 4.04. The number of hydrogen-bond donors (Lipinski definition) is 0. The van der Waals surface area contributed by atoms with Gasteiger partial charge in [0.1, 0.15) is 5.82 Å². The average molecular weight is 436 g/mol. The molecule has 2 saturated heterocycles. The fourth-order valence-corrected chi connectivity index (χ4v) is 5.50. The summed E-state index contributed by atoms with van der Waals surface area (Å²) in [6.07, 6.45) is 0. The van der Waals surface area contributed by atoms with Crippen molar-refractivity contribution in [3.05, 3.63) is 41.3 Å². The van der Waals surface area contributed by atoms with Gasteiger partial charge in [-0.25, -0.2) is 4.39 Å². The lowest BCUT2D eigenvalue weighted by Crippen LogP contribution is -2.57. The molecule has 10 heteroatoms. The van der Waals surface area contributed by atoms with Crippen LogP contribution in [0.5, 0.6) is 0 Å². The van der Waals surface area contributed by atoms with Gasteiger partial charge in [-0.15, -0.1) is 0 Å². The molecule has 0 unspecified atom stereocenters. The Kier molecular flexibility index (Phi) is 5.75. The van der Waals surface area contributed by atoms with Crippen LogP contribution in [0.3, 0.4) is 0 Å². The Morgan fingerprint density at radius 2 is 1.57 bits per heavy atom. The number of pyridine rings is 1. The summed E-state index contributed by atoms with van der Waals surface area (Å²) in [6.45, 7) is 5.33. The molecule has 2 fully saturated rings. The first-order chi connectivity index (χ1) is 14.3. The molecule has 0 saturated carbocycles. The van der Waals surface area contributed by atoms with Crippen LogP contribution >= 0.6 is 0 Å². The van der Waals surface area contributed by atoms with Crippen LogP contribution in [0, 0.1) is 12.7 Å². The SMILES string of the molecule is Cc1nc2cc(F)ccc2cc1C(=O)N1CCN(S(=O)(=O)N2CCN(C)CC2)CC1. The number of likely N-dealkylation sites (N-methyl/N-ethyl adjacent to an activating group) is 1. The molecule has 4 rings (SSSR count). The van der Waals surface area contributed by atoms with E-state index in [-0.39, 0.29) is 24.8 Å². The lowest BCUT2D eigenvalue weighted by Gasteiger charge is -2.39. The third-order valence-corrected chi connectivity index (χ3v) is 7.88. The number of carbonyl (C=O) groups is 1. The monoisotopic (exact) mass is 435 g/mol. The summed E-state index contributed by atoms with van der Waals surface area (Å²) in [5, 5.41) is 0.696. The molecule has 0 bridgehead atoms. The first-order valence-electron chi connectivity index (χ1n) is 10.1. The molecule has 162 valence electrons. The van der Waals surface area contributed by atoms with Crippen LogP contribution in [0.15, 0.2) is 24.3 Å². The standard InChI is InChI=1S/C20H26FN5O3S/c1-15-18(13-16-3-4-17(21)14-19(16)22-15)20(27)24-7-11-26(12-8-24)30(28,29)25-9-5-23(2)6-10-25/h3-4,13-14H,5-12H2,1-2H3. The van der Waals surface area contributed by atoms with Gasteiger partial charge in [0.2, 0.25) is 0 Å². The molecule has 3 heterocycles. The quantitative estimate of drug-likeness (QED) is 0.717. The van der Waals surface area contributed by atoms with Crippen LogP contribution in [0.1, 0.15) is 16.1 Å². The molecule has 1 aromatic carbocycles. The van der Waals surface area contributed by atoms with Gasteiger partial charge in [-0.05, 0) is 32.2 Å². The molecule has 2 aliphatic rings. The van der Waals surface area contributed by atoms with Crippen molar-refractivity contribution in [1.29, 1.82) is 0 Å². The van der Waals surface area contributed by atoms with Crippen molar-refractivity contribution < 1.29 is 17.6 Å². The Balaban J connectivity index is 1.45. The number of piperazine rings is 2. The van der Waals surface area contributed by atoms with E-state index in [1.807, 2.05) is 7.05 Å². The van der Waals surface area contributed by atoms with Crippen LogP contribution in [0.25, 0.3) is 10.9 Å². The molecule has 30 heavy (non-hydrogen) atoms. The summed E-state index contributed by atoms with van der Waals surface area (Å²) in [5.41, 5.74) is 1.50. The summed E-state index contributed by atoms with van der Waals surface area (Å²) in [5.74, 6) is -0.547. The Morgan fingerprint density at radius 1 is 0.967 bits per heavy atom. The Hall–Kier alpha value is -2.14. The molecule has 1 aromatic heterocycles. The normalized spacial score (nSPS) is 20.0. The van der Waals surface area contributed by atoms with E-state index in [1.54, 1.807) is 24.0 Å². The summed E-state index contributed by atoms with van der Waals surface area (Å²) >= 11 is 0. The predicted octanol–water partition coefficient (Wildman–Crippen LogP) is 0.932. The largest absolute Gasteiger partial charge is 0.336 e. The van der Waals surface area contributed by atoms with Gasteiger partial charge in [0, 0.05) is 63.8 Å². The lowest BCUT2D eigenvalue weighted by molar-refractivity contribution is 0.0691. The average Bonchev–Trinajstić information content (AvgIpc) is 2.73. The van der Waals surface area contributed by atoms with E-state index >= 15 is 0 Å². The van der Waals surface area contributed by atoms with Crippen molar-refractivity contribution in [2.45, 2.75) is 6.92 Å². The zero-order valence-corrected chi connectivity index (χ0v) is 18.0. The van der Waals surface area contributed by atoms with Gasteiger partial charge < -0.3 is 9.80 Å². The van der Waals surface area contributed by atoms with Crippen LogP contribution in [-0.4, -0.2) is 97.1 Å². The number of benzene rings is 1. The summed E-state index contributed by atoms with van der Waals surface area (Å²) in [7, 11) is -1.53. The van der Waals surface area contributed by atoms with Crippen molar-refractivity contribution >= 4 is 27.0 Å². The minimum absolute atomic E-state index is 0.178. The second-order valence-corrected chi connectivity index (χ2v) is 9.79. The maximum absolute atomic E-state index is 13.4. The Labute approximate surface area is 176 Å². The minimum Gasteiger partial charge on any atom is -0.336 e. The second kappa shape index (κ2) is 8.18. The van der Waals surface area contributed by atoms with Gasteiger partial charge in [0.15, 0.2) is 0 Å². The summed E-state index contributed by atoms with van der Waals surface area (Å²) in [4.78, 5) is 21.2. The number of aromatic nitrogens is 1. The molecule has 0 spiro atoms. The zero-order chi connectivity index (χ0) is 21.5. The highest BCUT2D eigenvalue weighted by atomic mass is 32.2. The van der Waals surface area contributed by atoms with E-state index in [2.05, 4.69) is 9.88 Å². The van der Waals surface area contributed by atoms with Crippen molar-refractivity contribution in [3.8, 4) is 0 Å². The maximum Gasteiger partial charge on any atom is 0.282 e. The van der Waals surface area contributed by atoms with E-state index in [0.717, 1.165) is 13.1 Å². The van der Waals surface area contributed by atoms with Crippen LogP contribution < -0.4 is 0 Å². The van der Waals surface area contributed by atoms with Crippen LogP contribution in [-0.2, 0) is 10.2 Å². The summed E-state index contributed by atoms with van der Waals surface area (Å²) in [6, 6.07) is 6.02. The fourth-order valence-electron chi connectivity index (χ4n) is 3.93. The second-order valence-electron chi connectivity index (χ2n) is 7.86. The number of rotatable bonds is 3. The number of amides is 1. The van der Waals surface area contributed by atoms with Crippen LogP contribution in [0.2, 0.25) is 0 Å². The smallest absolute Gasteiger partial charge is 0.282 e. The van der Waals surface area contributed by atoms with E-state index in [0.29, 0.717) is 48.3 Å². The number of halogens is 1. The third-order valence-electron chi connectivity index (χ3n) is 5.84. The highest BCUT2D eigenvalue weighted by Crippen LogP contribution is 2.21. The molecule has 8 nitrogen and oxygen atoms in total. The Bertz CT molecular complexity index is 1060. The minimum atomic E-state index is -3.51. The van der Waals surface area contributed by atoms with Crippen molar-refractivity contribution in [1.82, 2.24) is 23.4 Å². The van der Waals surface area contributed by atoms with E-state index < -0.39 is 10.2 Å². The molecule has 2 aromatic rings. The molecule has 2 aliphatic heterocycles. The van der Waals surface area contributed by atoms with Crippen molar-refractivity contribution in [3.63, 3.8) is 0 Å². The predicted molar refractivity (Wildman–Crippen MR) is 112 cm³/mol. The summed E-state index contributed by atoms with van der Waals surface area (Å²) < 4.78 is 42.2. The van der Waals surface area contributed by atoms with Gasteiger partial charge in [0.05, 0.1) is 16.8 Å². The maximum atomic E-state index is 13.4. The highest BCUT2D eigenvalue weighted by molar-refractivity contribution is 7.86. The van der Waals surface area contributed by atoms with E-state index in [4.69, 9.17) is 0 Å². The number of hydrogen-bond acceptors (Lipinski definition) is 5. The number of nitrogens with zero attached hydrogens (tertiary/aromatic N) is 5. The zero-order valence-electron chi connectivity index (χ0n) is 17.2. The van der Waals surface area contributed by atoms with Gasteiger partial charge in [0.25, 0.3) is 16.1 Å². The first kappa shape index (κ1) is 21.1. The molecule has 1 amide bonds. The van der Waals surface area contributed by atoms with E-state index in [1.165, 1.54) is 20.7 Å². The lowest BCUT2D eigenvalue weighted by atomic mass is 10.1. The number of fused-ring (bicyclic) bond motifs is 1. The van der Waals surface area contributed by atoms with Crippen LogP contribution in [0.4, 0.5) is 4.39 Å². The highest BCUT2D eigenvalue weighted by Gasteiger charge is 2.35. The number of aryl methyl sites for hydroxylation is 1. The molecular formula is C20H26FN5O3S. The molecule has 0 atom stereocenters. The molecule has 0 aliphatic carbocycles. The van der Waals surface area contributed by atoms with Gasteiger partial charge in [-0.3, -0.25) is 9.78 Å². The van der Waals surface area contributed by atoms with Gasteiger partial charge in [-0.1, -0.05) is 0 Å². The molecule has 0 radical (unpaired) electrons. The van der Waals surface area contributed by atoms with Crippen molar-refractivity contribution in [2.75, 3.05) is 59.4 Å². The van der Waals surface area contributed by atoms with E-state index in [9.17, 15) is 17.6 Å². The first-order valence-corrected chi connectivity index (χ1v) is 11.5. The topological polar surface area (TPSA) is 77.1 Å². The molecular weight excluding hydrogens is 409 g/mol.